The molecule has 6 nitrogen and oxygen atoms in total. The van der Waals surface area contributed by atoms with Gasteiger partial charge in [0.2, 0.25) is 0 Å². The third-order valence-electron chi connectivity index (χ3n) is 2.63. The molecule has 1 aromatic carbocycles. The first-order valence-electron chi connectivity index (χ1n) is 5.26. The summed E-state index contributed by atoms with van der Waals surface area (Å²) in [5, 5.41) is 18.6. The summed E-state index contributed by atoms with van der Waals surface area (Å²) in [6, 6.07) is 4.75. The van der Waals surface area contributed by atoms with Crippen molar-refractivity contribution in [2.75, 3.05) is 0 Å². The van der Waals surface area contributed by atoms with Crippen LogP contribution in [0.3, 0.4) is 0 Å². The number of benzene rings is 1. The lowest BCUT2D eigenvalue weighted by molar-refractivity contribution is -0.384. The van der Waals surface area contributed by atoms with Crippen LogP contribution in [0.15, 0.2) is 24.5 Å². The third-order valence-corrected chi connectivity index (χ3v) is 2.63. The van der Waals surface area contributed by atoms with E-state index in [1.54, 1.807) is 12.4 Å². The molecule has 0 saturated heterocycles. The molecule has 0 N–H and O–H groups in total. The van der Waals surface area contributed by atoms with Crippen molar-refractivity contribution in [3.05, 3.63) is 40.2 Å². The van der Waals surface area contributed by atoms with Gasteiger partial charge in [-0.2, -0.15) is 0 Å². The Morgan fingerprint density at radius 3 is 2.88 bits per heavy atom. The Labute approximate surface area is 98.1 Å². The molecule has 0 saturated carbocycles. The topological polar surface area (TPSA) is 73.8 Å². The summed E-state index contributed by atoms with van der Waals surface area (Å²) in [5.74, 6) is 0.661. The lowest BCUT2D eigenvalue weighted by atomic mass is 10.1. The van der Waals surface area contributed by atoms with Crippen LogP contribution in [0.1, 0.15) is 12.5 Å². The van der Waals surface area contributed by atoms with Gasteiger partial charge < -0.3 is 4.57 Å². The second-order valence-corrected chi connectivity index (χ2v) is 3.70. The Morgan fingerprint density at radius 2 is 2.24 bits per heavy atom. The number of aryl methyl sites for hydroxylation is 2. The Morgan fingerprint density at radius 1 is 1.47 bits per heavy atom. The maximum Gasteiger partial charge on any atom is 0.270 e. The number of nitro benzene ring substituents is 1. The monoisotopic (exact) mass is 232 g/mol. The molecule has 0 amide bonds. The first-order chi connectivity index (χ1) is 8.13. The number of nitrogens with zero attached hydrogens (tertiary/aromatic N) is 4. The van der Waals surface area contributed by atoms with E-state index in [1.807, 2.05) is 18.4 Å². The zero-order chi connectivity index (χ0) is 12.4. The molecule has 2 rings (SSSR count). The summed E-state index contributed by atoms with van der Waals surface area (Å²) >= 11 is 0. The number of rotatable bonds is 3. The fraction of sp³-hybridized carbons (Fsp3) is 0.273. The fourth-order valence-electron chi connectivity index (χ4n) is 1.66. The van der Waals surface area contributed by atoms with Crippen molar-refractivity contribution in [2.24, 2.45) is 0 Å². The second-order valence-electron chi connectivity index (χ2n) is 3.70. The first kappa shape index (κ1) is 11.3. The summed E-state index contributed by atoms with van der Waals surface area (Å²) in [6.07, 6.45) is 1.62. The molecular weight excluding hydrogens is 220 g/mol. The number of hydrogen-bond acceptors (Lipinski definition) is 4. The largest absolute Gasteiger partial charge is 0.314 e. The summed E-state index contributed by atoms with van der Waals surface area (Å²) in [6.45, 7) is 4.59. The van der Waals surface area contributed by atoms with Gasteiger partial charge in [0.15, 0.2) is 5.82 Å². The highest BCUT2D eigenvalue weighted by molar-refractivity contribution is 5.63. The van der Waals surface area contributed by atoms with Gasteiger partial charge in [0.25, 0.3) is 5.69 Å². The second kappa shape index (κ2) is 4.32. The van der Waals surface area contributed by atoms with Crippen LogP contribution in [0, 0.1) is 17.0 Å². The lowest BCUT2D eigenvalue weighted by Crippen LogP contribution is -1.98. The van der Waals surface area contributed by atoms with E-state index in [2.05, 4.69) is 10.2 Å². The molecule has 88 valence electrons. The van der Waals surface area contributed by atoms with E-state index in [0.29, 0.717) is 5.82 Å². The molecule has 0 radical (unpaired) electrons. The number of nitro groups is 1. The molecule has 2 aromatic rings. The van der Waals surface area contributed by atoms with Crippen molar-refractivity contribution in [2.45, 2.75) is 20.4 Å². The van der Waals surface area contributed by atoms with Crippen LogP contribution in [-0.4, -0.2) is 19.7 Å². The van der Waals surface area contributed by atoms with E-state index in [-0.39, 0.29) is 5.69 Å². The summed E-state index contributed by atoms with van der Waals surface area (Å²) in [5.41, 5.74) is 1.76. The zero-order valence-corrected chi connectivity index (χ0v) is 9.62. The summed E-state index contributed by atoms with van der Waals surface area (Å²) in [7, 11) is 0. The molecule has 17 heavy (non-hydrogen) atoms. The molecule has 0 aliphatic heterocycles. The molecule has 0 aliphatic carbocycles. The molecule has 0 fully saturated rings. The smallest absolute Gasteiger partial charge is 0.270 e. The van der Waals surface area contributed by atoms with Crippen LogP contribution in [0.2, 0.25) is 0 Å². The maximum absolute atomic E-state index is 10.8. The Hall–Kier alpha value is -2.24. The average Bonchev–Trinajstić information content (AvgIpc) is 2.77. The van der Waals surface area contributed by atoms with Crippen molar-refractivity contribution in [1.29, 1.82) is 0 Å². The molecule has 1 heterocycles. The Balaban J connectivity index is 2.58. The van der Waals surface area contributed by atoms with Gasteiger partial charge in [-0.1, -0.05) is 6.07 Å². The van der Waals surface area contributed by atoms with Crippen LogP contribution in [-0.2, 0) is 6.54 Å². The fourth-order valence-corrected chi connectivity index (χ4v) is 1.66. The number of aromatic nitrogens is 3. The molecule has 6 heteroatoms. The standard InChI is InChI=1S/C11H12N4O2/c1-3-14-7-12-13-11(14)10-6-9(15(16)17)5-4-8(10)2/h4-7H,3H2,1-2H3. The van der Waals surface area contributed by atoms with E-state index >= 15 is 0 Å². The molecule has 0 bridgehead atoms. The van der Waals surface area contributed by atoms with Gasteiger partial charge in [-0.15, -0.1) is 10.2 Å². The number of non-ortho nitro benzene ring substituents is 1. The van der Waals surface area contributed by atoms with E-state index < -0.39 is 4.92 Å². The van der Waals surface area contributed by atoms with E-state index in [4.69, 9.17) is 0 Å². The van der Waals surface area contributed by atoms with Gasteiger partial charge in [0.1, 0.15) is 6.33 Å². The number of hydrogen-bond donors (Lipinski definition) is 0. The van der Waals surface area contributed by atoms with Crippen molar-refractivity contribution >= 4 is 5.69 Å². The lowest BCUT2D eigenvalue weighted by Gasteiger charge is -2.06. The van der Waals surface area contributed by atoms with Gasteiger partial charge in [0.05, 0.1) is 4.92 Å². The summed E-state index contributed by atoms with van der Waals surface area (Å²) in [4.78, 5) is 10.3. The highest BCUT2D eigenvalue weighted by atomic mass is 16.6. The quantitative estimate of drug-likeness (QED) is 0.600. The van der Waals surface area contributed by atoms with E-state index in [1.165, 1.54) is 12.1 Å². The minimum Gasteiger partial charge on any atom is -0.314 e. The van der Waals surface area contributed by atoms with Crippen molar-refractivity contribution < 1.29 is 4.92 Å². The first-order valence-corrected chi connectivity index (χ1v) is 5.26. The third kappa shape index (κ3) is 2.01. The van der Waals surface area contributed by atoms with Crippen LogP contribution in [0.25, 0.3) is 11.4 Å². The molecule has 1 aromatic heterocycles. The highest BCUT2D eigenvalue weighted by Gasteiger charge is 2.14. The molecular formula is C11H12N4O2. The normalized spacial score (nSPS) is 10.5. The average molecular weight is 232 g/mol. The van der Waals surface area contributed by atoms with Crippen molar-refractivity contribution in [3.63, 3.8) is 0 Å². The minimum absolute atomic E-state index is 0.0660. The predicted octanol–water partition coefficient (Wildman–Crippen LogP) is 2.18. The SMILES string of the molecule is CCn1cnnc1-c1cc([N+](=O)[O-])ccc1C. The zero-order valence-electron chi connectivity index (χ0n) is 9.62. The van der Waals surface area contributed by atoms with E-state index in [9.17, 15) is 10.1 Å². The minimum atomic E-state index is -0.407. The van der Waals surface area contributed by atoms with Gasteiger partial charge >= 0.3 is 0 Å². The summed E-state index contributed by atoms with van der Waals surface area (Å²) < 4.78 is 1.85. The maximum atomic E-state index is 10.8. The Kier molecular flexibility index (Phi) is 2.86. The van der Waals surface area contributed by atoms with Crippen molar-refractivity contribution in [3.8, 4) is 11.4 Å². The van der Waals surface area contributed by atoms with E-state index in [0.717, 1.165) is 17.7 Å². The molecule has 0 atom stereocenters. The van der Waals surface area contributed by atoms with Gasteiger partial charge in [-0.05, 0) is 19.4 Å². The van der Waals surface area contributed by atoms with Gasteiger partial charge in [-0.25, -0.2) is 0 Å². The van der Waals surface area contributed by atoms with Crippen LogP contribution >= 0.6 is 0 Å². The van der Waals surface area contributed by atoms with Gasteiger partial charge in [-0.3, -0.25) is 10.1 Å². The van der Waals surface area contributed by atoms with Crippen LogP contribution < -0.4 is 0 Å². The molecule has 0 aliphatic rings. The molecule has 0 spiro atoms. The molecule has 0 unspecified atom stereocenters. The highest BCUT2D eigenvalue weighted by Crippen LogP contribution is 2.25. The van der Waals surface area contributed by atoms with Crippen LogP contribution in [0.5, 0.6) is 0 Å². The van der Waals surface area contributed by atoms with Gasteiger partial charge in [0, 0.05) is 24.2 Å². The predicted molar refractivity (Wildman–Crippen MR) is 62.5 cm³/mol. The van der Waals surface area contributed by atoms with Crippen molar-refractivity contribution in [1.82, 2.24) is 14.8 Å². The Bertz CT molecular complexity index is 562. The van der Waals surface area contributed by atoms with Crippen LogP contribution in [0.4, 0.5) is 5.69 Å².